The largest absolute Gasteiger partial charge is 0.320 e. The lowest BCUT2D eigenvalue weighted by atomic mass is 9.83. The van der Waals surface area contributed by atoms with Crippen molar-refractivity contribution in [2.45, 2.75) is 25.8 Å². The fourth-order valence-corrected chi connectivity index (χ4v) is 2.97. The average molecular weight is 282 g/mol. The first-order valence-corrected chi connectivity index (χ1v) is 7.46. The lowest BCUT2D eigenvalue weighted by molar-refractivity contribution is 0.283. The van der Waals surface area contributed by atoms with E-state index in [1.165, 1.54) is 22.3 Å². The molecule has 1 atom stereocenters. The molecule has 0 aliphatic rings. The molecule has 0 saturated heterocycles. The van der Waals surface area contributed by atoms with Crippen molar-refractivity contribution in [2.75, 3.05) is 20.6 Å². The Morgan fingerprint density at radius 3 is 2.24 bits per heavy atom. The predicted octanol–water partition coefficient (Wildman–Crippen LogP) is 3.26. The molecule has 2 heteroatoms. The average Bonchev–Trinajstić information content (AvgIpc) is 2.42. The SMILES string of the molecule is Cc1ccc(CC(N)(CN(C)C)c2ccccc2)c(C)c1. The second-order valence-electron chi connectivity index (χ2n) is 6.37. The van der Waals surface area contributed by atoms with E-state index in [9.17, 15) is 0 Å². The maximum Gasteiger partial charge on any atom is 0.0579 e. The van der Waals surface area contributed by atoms with Crippen molar-refractivity contribution in [3.05, 3.63) is 70.8 Å². The molecule has 0 amide bonds. The van der Waals surface area contributed by atoms with Gasteiger partial charge in [0.05, 0.1) is 5.54 Å². The molecule has 0 radical (unpaired) electrons. The number of nitrogens with two attached hydrogens (primary N) is 1. The van der Waals surface area contributed by atoms with Gasteiger partial charge in [0.25, 0.3) is 0 Å². The summed E-state index contributed by atoms with van der Waals surface area (Å²) in [6, 6.07) is 17.0. The zero-order chi connectivity index (χ0) is 15.5. The molecule has 2 aromatic rings. The zero-order valence-electron chi connectivity index (χ0n) is 13.6. The van der Waals surface area contributed by atoms with Crippen molar-refractivity contribution in [1.82, 2.24) is 4.90 Å². The van der Waals surface area contributed by atoms with Gasteiger partial charge in [-0.3, -0.25) is 0 Å². The van der Waals surface area contributed by atoms with Gasteiger partial charge in [-0.1, -0.05) is 54.1 Å². The van der Waals surface area contributed by atoms with Crippen LogP contribution in [0.15, 0.2) is 48.5 Å². The first-order chi connectivity index (χ1) is 9.90. The van der Waals surface area contributed by atoms with E-state index in [0.29, 0.717) is 0 Å². The van der Waals surface area contributed by atoms with E-state index >= 15 is 0 Å². The third-order valence-electron chi connectivity index (χ3n) is 3.95. The maximum atomic E-state index is 6.82. The zero-order valence-corrected chi connectivity index (χ0v) is 13.6. The number of hydrogen-bond donors (Lipinski definition) is 1. The topological polar surface area (TPSA) is 29.3 Å². The summed E-state index contributed by atoms with van der Waals surface area (Å²) < 4.78 is 0. The molecule has 2 N–H and O–H groups in total. The van der Waals surface area contributed by atoms with E-state index in [1.54, 1.807) is 0 Å². The van der Waals surface area contributed by atoms with E-state index in [4.69, 9.17) is 5.73 Å². The number of likely N-dealkylation sites (N-methyl/N-ethyl adjacent to an activating group) is 1. The highest BCUT2D eigenvalue weighted by molar-refractivity contribution is 5.35. The van der Waals surface area contributed by atoms with Crippen LogP contribution < -0.4 is 5.73 Å². The molecule has 0 aliphatic heterocycles. The predicted molar refractivity (Wildman–Crippen MR) is 90.5 cm³/mol. The van der Waals surface area contributed by atoms with Crippen molar-refractivity contribution < 1.29 is 0 Å². The van der Waals surface area contributed by atoms with Gasteiger partial charge >= 0.3 is 0 Å². The lowest BCUT2D eigenvalue weighted by Crippen LogP contribution is -2.47. The monoisotopic (exact) mass is 282 g/mol. The molecule has 21 heavy (non-hydrogen) atoms. The quantitative estimate of drug-likeness (QED) is 0.912. The first kappa shape index (κ1) is 15.7. The van der Waals surface area contributed by atoms with Crippen molar-refractivity contribution in [3.63, 3.8) is 0 Å². The molecular weight excluding hydrogens is 256 g/mol. The molecule has 0 aliphatic carbocycles. The van der Waals surface area contributed by atoms with Crippen molar-refractivity contribution in [2.24, 2.45) is 5.73 Å². The number of aryl methyl sites for hydroxylation is 2. The third-order valence-corrected chi connectivity index (χ3v) is 3.95. The van der Waals surface area contributed by atoms with E-state index in [-0.39, 0.29) is 5.54 Å². The molecule has 0 bridgehead atoms. The number of rotatable bonds is 5. The normalized spacial score (nSPS) is 14.2. The molecule has 0 heterocycles. The van der Waals surface area contributed by atoms with Gasteiger partial charge in [0, 0.05) is 6.54 Å². The van der Waals surface area contributed by atoms with Crippen LogP contribution in [0.25, 0.3) is 0 Å². The first-order valence-electron chi connectivity index (χ1n) is 7.46. The highest BCUT2D eigenvalue weighted by Gasteiger charge is 2.28. The molecule has 2 rings (SSSR count). The summed E-state index contributed by atoms with van der Waals surface area (Å²) in [6.45, 7) is 5.12. The Hall–Kier alpha value is -1.64. The second-order valence-corrected chi connectivity index (χ2v) is 6.37. The second kappa shape index (κ2) is 6.42. The Bertz CT molecular complexity index is 590. The van der Waals surface area contributed by atoms with Gasteiger partial charge in [0.1, 0.15) is 0 Å². The van der Waals surface area contributed by atoms with E-state index in [0.717, 1.165) is 13.0 Å². The van der Waals surface area contributed by atoms with Gasteiger partial charge in [-0.25, -0.2) is 0 Å². The van der Waals surface area contributed by atoms with Gasteiger partial charge in [0.2, 0.25) is 0 Å². The molecule has 2 aromatic carbocycles. The molecule has 0 aromatic heterocycles. The third kappa shape index (κ3) is 3.93. The summed E-state index contributed by atoms with van der Waals surface area (Å²) in [5.74, 6) is 0. The number of hydrogen-bond acceptors (Lipinski definition) is 2. The maximum absolute atomic E-state index is 6.82. The summed E-state index contributed by atoms with van der Waals surface area (Å²) in [7, 11) is 4.15. The minimum atomic E-state index is -0.370. The van der Waals surface area contributed by atoms with Gasteiger partial charge in [-0.2, -0.15) is 0 Å². The van der Waals surface area contributed by atoms with Crippen LogP contribution >= 0.6 is 0 Å². The summed E-state index contributed by atoms with van der Waals surface area (Å²) in [5.41, 5.74) is 11.6. The van der Waals surface area contributed by atoms with Crippen LogP contribution in [-0.4, -0.2) is 25.5 Å². The summed E-state index contributed by atoms with van der Waals surface area (Å²) in [6.07, 6.45) is 0.849. The Morgan fingerprint density at radius 2 is 1.67 bits per heavy atom. The van der Waals surface area contributed by atoms with Gasteiger partial charge in [-0.05, 0) is 51.1 Å². The molecule has 0 spiro atoms. The van der Waals surface area contributed by atoms with Crippen LogP contribution in [0.3, 0.4) is 0 Å². The summed E-state index contributed by atoms with van der Waals surface area (Å²) in [5, 5.41) is 0. The smallest absolute Gasteiger partial charge is 0.0579 e. The Morgan fingerprint density at radius 1 is 1.00 bits per heavy atom. The van der Waals surface area contributed by atoms with Crippen molar-refractivity contribution in [3.8, 4) is 0 Å². The molecule has 112 valence electrons. The molecule has 2 nitrogen and oxygen atoms in total. The van der Waals surface area contributed by atoms with E-state index in [2.05, 4.69) is 75.3 Å². The van der Waals surface area contributed by atoms with Crippen LogP contribution in [0.5, 0.6) is 0 Å². The minimum Gasteiger partial charge on any atom is -0.320 e. The Balaban J connectivity index is 2.37. The number of nitrogens with zero attached hydrogens (tertiary/aromatic N) is 1. The fourth-order valence-electron chi connectivity index (χ4n) is 2.97. The van der Waals surface area contributed by atoms with Gasteiger partial charge in [0.15, 0.2) is 0 Å². The minimum absolute atomic E-state index is 0.370. The fraction of sp³-hybridized carbons (Fsp3) is 0.368. The van der Waals surface area contributed by atoms with Crippen LogP contribution in [-0.2, 0) is 12.0 Å². The Kier molecular flexibility index (Phi) is 4.81. The number of benzene rings is 2. The van der Waals surface area contributed by atoms with Gasteiger partial charge < -0.3 is 10.6 Å². The molecule has 0 saturated carbocycles. The standard InChI is InChI=1S/C19H26N2/c1-15-10-11-17(16(2)12-15)13-19(20,14-21(3)4)18-8-6-5-7-9-18/h5-12H,13-14,20H2,1-4H3. The summed E-state index contributed by atoms with van der Waals surface area (Å²) >= 11 is 0. The van der Waals surface area contributed by atoms with Crippen LogP contribution in [0, 0.1) is 13.8 Å². The van der Waals surface area contributed by atoms with Crippen molar-refractivity contribution in [1.29, 1.82) is 0 Å². The van der Waals surface area contributed by atoms with E-state index in [1.807, 2.05) is 6.07 Å². The molecule has 1 unspecified atom stereocenters. The van der Waals surface area contributed by atoms with Gasteiger partial charge in [-0.15, -0.1) is 0 Å². The highest BCUT2D eigenvalue weighted by Crippen LogP contribution is 2.26. The Labute approximate surface area is 128 Å². The molecular formula is C19H26N2. The van der Waals surface area contributed by atoms with E-state index < -0.39 is 0 Å². The highest BCUT2D eigenvalue weighted by atomic mass is 15.1. The van der Waals surface area contributed by atoms with Crippen LogP contribution in [0.4, 0.5) is 0 Å². The summed E-state index contributed by atoms with van der Waals surface area (Å²) in [4.78, 5) is 2.16. The molecule has 0 fully saturated rings. The van der Waals surface area contributed by atoms with Crippen LogP contribution in [0.2, 0.25) is 0 Å². The lowest BCUT2D eigenvalue weighted by Gasteiger charge is -2.33. The van der Waals surface area contributed by atoms with Crippen LogP contribution in [0.1, 0.15) is 22.3 Å². The van der Waals surface area contributed by atoms with Crippen molar-refractivity contribution >= 4 is 0 Å².